The molecule has 3 aromatic rings. The Bertz CT molecular complexity index is 883. The van der Waals surface area contributed by atoms with Crippen molar-refractivity contribution < 1.29 is 4.79 Å². The molecule has 26 heavy (non-hydrogen) atoms. The Morgan fingerprint density at radius 3 is 2.77 bits per heavy atom. The molecular formula is C20H23N5O. The van der Waals surface area contributed by atoms with Gasteiger partial charge in [-0.05, 0) is 43.5 Å². The number of likely N-dealkylation sites (tertiary alicyclic amines) is 1. The first-order chi connectivity index (χ1) is 12.7. The predicted octanol–water partition coefficient (Wildman–Crippen LogP) is 2.90. The number of carbonyl (C=O) groups is 1. The van der Waals surface area contributed by atoms with E-state index in [0.29, 0.717) is 6.42 Å². The van der Waals surface area contributed by atoms with Gasteiger partial charge in [0, 0.05) is 26.0 Å². The van der Waals surface area contributed by atoms with Crippen LogP contribution in [0.25, 0.3) is 5.69 Å². The molecule has 0 radical (unpaired) electrons. The number of aromatic nitrogens is 4. The van der Waals surface area contributed by atoms with Crippen LogP contribution >= 0.6 is 0 Å². The third-order valence-electron chi connectivity index (χ3n) is 5.02. The Hall–Kier alpha value is -2.89. The van der Waals surface area contributed by atoms with Gasteiger partial charge in [0.15, 0.2) is 0 Å². The van der Waals surface area contributed by atoms with Crippen LogP contribution in [0.2, 0.25) is 0 Å². The number of carbonyl (C=O) groups excluding carboxylic acids is 1. The zero-order valence-corrected chi connectivity index (χ0v) is 15.0. The van der Waals surface area contributed by atoms with Gasteiger partial charge in [0.2, 0.25) is 5.91 Å². The van der Waals surface area contributed by atoms with E-state index >= 15 is 0 Å². The second kappa shape index (κ2) is 7.15. The summed E-state index contributed by atoms with van der Waals surface area (Å²) in [6, 6.07) is 14.0. The van der Waals surface area contributed by atoms with Crippen LogP contribution in [-0.4, -0.2) is 36.9 Å². The van der Waals surface area contributed by atoms with Crippen LogP contribution in [0.1, 0.15) is 36.7 Å². The second-order valence-corrected chi connectivity index (χ2v) is 6.74. The van der Waals surface area contributed by atoms with Crippen molar-refractivity contribution in [3.63, 3.8) is 0 Å². The molecule has 0 saturated carbocycles. The van der Waals surface area contributed by atoms with Crippen LogP contribution in [0.15, 0.2) is 54.9 Å². The fourth-order valence-corrected chi connectivity index (χ4v) is 3.69. The second-order valence-electron chi connectivity index (χ2n) is 6.74. The van der Waals surface area contributed by atoms with Crippen LogP contribution in [0.4, 0.5) is 0 Å². The summed E-state index contributed by atoms with van der Waals surface area (Å²) in [5, 5.41) is 8.84. The molecule has 0 spiro atoms. The van der Waals surface area contributed by atoms with Gasteiger partial charge in [-0.15, -0.1) is 0 Å². The molecule has 6 heteroatoms. The summed E-state index contributed by atoms with van der Waals surface area (Å²) in [5.74, 6) is 0.134. The molecule has 6 nitrogen and oxygen atoms in total. The molecule has 0 bridgehead atoms. The van der Waals surface area contributed by atoms with E-state index in [1.165, 1.54) is 0 Å². The minimum absolute atomic E-state index is 0.111. The first-order valence-corrected chi connectivity index (χ1v) is 9.10. The van der Waals surface area contributed by atoms with E-state index in [9.17, 15) is 4.79 Å². The lowest BCUT2D eigenvalue weighted by molar-refractivity contribution is -0.134. The zero-order valence-electron chi connectivity index (χ0n) is 15.0. The third-order valence-corrected chi connectivity index (χ3v) is 5.02. The number of hydrogen-bond acceptors (Lipinski definition) is 3. The number of amides is 1. The monoisotopic (exact) mass is 349 g/mol. The van der Waals surface area contributed by atoms with Gasteiger partial charge in [0.25, 0.3) is 0 Å². The molecule has 0 N–H and O–H groups in total. The van der Waals surface area contributed by atoms with E-state index in [0.717, 1.165) is 42.9 Å². The van der Waals surface area contributed by atoms with Gasteiger partial charge in [0.1, 0.15) is 0 Å². The fourth-order valence-electron chi connectivity index (χ4n) is 3.69. The van der Waals surface area contributed by atoms with Crippen LogP contribution in [0, 0.1) is 0 Å². The zero-order chi connectivity index (χ0) is 17.9. The highest BCUT2D eigenvalue weighted by atomic mass is 16.2. The molecule has 3 heterocycles. The number of nitrogens with zero attached hydrogens (tertiary/aromatic N) is 5. The lowest BCUT2D eigenvalue weighted by Gasteiger charge is -2.35. The minimum Gasteiger partial charge on any atom is -0.334 e. The van der Waals surface area contributed by atoms with Crippen molar-refractivity contribution in [2.45, 2.75) is 31.7 Å². The van der Waals surface area contributed by atoms with Gasteiger partial charge in [-0.2, -0.15) is 10.2 Å². The fraction of sp³-hybridized carbons (Fsp3) is 0.350. The van der Waals surface area contributed by atoms with Crippen LogP contribution in [0.5, 0.6) is 0 Å². The van der Waals surface area contributed by atoms with Gasteiger partial charge in [0.05, 0.1) is 29.5 Å². The normalized spacial score (nSPS) is 17.4. The first kappa shape index (κ1) is 16.6. The molecule has 1 atom stereocenters. The van der Waals surface area contributed by atoms with E-state index in [-0.39, 0.29) is 11.9 Å². The van der Waals surface area contributed by atoms with Crippen molar-refractivity contribution in [2.75, 3.05) is 6.54 Å². The average molecular weight is 349 g/mol. The minimum atomic E-state index is 0.111. The number of benzene rings is 1. The lowest BCUT2D eigenvalue weighted by Crippen LogP contribution is -2.40. The van der Waals surface area contributed by atoms with Crippen molar-refractivity contribution in [3.8, 4) is 5.69 Å². The molecular weight excluding hydrogens is 326 g/mol. The molecule has 4 rings (SSSR count). The quantitative estimate of drug-likeness (QED) is 0.728. The van der Waals surface area contributed by atoms with Crippen molar-refractivity contribution in [1.82, 2.24) is 24.5 Å². The number of hydrogen-bond donors (Lipinski definition) is 0. The molecule has 1 amide bonds. The van der Waals surface area contributed by atoms with Crippen molar-refractivity contribution in [2.24, 2.45) is 7.05 Å². The van der Waals surface area contributed by atoms with Crippen molar-refractivity contribution >= 4 is 5.91 Å². The van der Waals surface area contributed by atoms with Crippen molar-refractivity contribution in [3.05, 3.63) is 66.2 Å². The molecule has 1 fully saturated rings. The van der Waals surface area contributed by atoms with Crippen molar-refractivity contribution in [1.29, 1.82) is 0 Å². The SMILES string of the molecule is Cn1nccc1[C@@H]1CCCCN1C(=O)Cc1ccn(-c2ccccc2)n1. The van der Waals surface area contributed by atoms with Gasteiger partial charge in [-0.1, -0.05) is 18.2 Å². The van der Waals surface area contributed by atoms with Crippen LogP contribution < -0.4 is 0 Å². The smallest absolute Gasteiger partial charge is 0.229 e. The van der Waals surface area contributed by atoms with E-state index < -0.39 is 0 Å². The van der Waals surface area contributed by atoms with E-state index in [1.54, 1.807) is 6.20 Å². The maximum absolute atomic E-state index is 13.0. The highest BCUT2D eigenvalue weighted by molar-refractivity contribution is 5.79. The predicted molar refractivity (Wildman–Crippen MR) is 98.8 cm³/mol. The first-order valence-electron chi connectivity index (χ1n) is 9.10. The Morgan fingerprint density at radius 1 is 1.15 bits per heavy atom. The molecule has 2 aromatic heterocycles. The van der Waals surface area contributed by atoms with E-state index in [4.69, 9.17) is 0 Å². The average Bonchev–Trinajstić information content (AvgIpc) is 3.31. The summed E-state index contributed by atoms with van der Waals surface area (Å²) in [4.78, 5) is 15.0. The molecule has 0 unspecified atom stereocenters. The summed E-state index contributed by atoms with van der Waals surface area (Å²) in [6.45, 7) is 0.800. The third kappa shape index (κ3) is 3.27. The van der Waals surface area contributed by atoms with E-state index in [1.807, 2.05) is 70.0 Å². The highest BCUT2D eigenvalue weighted by Crippen LogP contribution is 2.30. The summed E-state index contributed by atoms with van der Waals surface area (Å²) < 4.78 is 3.69. The summed E-state index contributed by atoms with van der Waals surface area (Å²) in [7, 11) is 1.94. The van der Waals surface area contributed by atoms with Crippen LogP contribution in [0.3, 0.4) is 0 Å². The lowest BCUT2D eigenvalue weighted by atomic mass is 9.98. The number of para-hydroxylation sites is 1. The maximum atomic E-state index is 13.0. The van der Waals surface area contributed by atoms with Gasteiger partial charge in [-0.25, -0.2) is 4.68 Å². The topological polar surface area (TPSA) is 56.0 Å². The standard InChI is InChI=1S/C20H23N5O/c1-23-18(10-12-21-23)19-9-5-6-13-24(19)20(26)15-16-11-14-25(22-16)17-7-3-2-4-8-17/h2-4,7-8,10-12,14,19H,5-6,9,13,15H2,1H3/t19-/m0/s1. The maximum Gasteiger partial charge on any atom is 0.229 e. The Kier molecular flexibility index (Phi) is 4.56. The largest absolute Gasteiger partial charge is 0.334 e. The molecule has 1 saturated heterocycles. The number of piperidine rings is 1. The summed E-state index contributed by atoms with van der Waals surface area (Å²) >= 11 is 0. The Balaban J connectivity index is 1.50. The van der Waals surface area contributed by atoms with Crippen LogP contribution in [-0.2, 0) is 18.3 Å². The molecule has 134 valence electrons. The highest BCUT2D eigenvalue weighted by Gasteiger charge is 2.29. The number of rotatable bonds is 4. The molecule has 1 aliphatic rings. The Morgan fingerprint density at radius 2 is 2.00 bits per heavy atom. The summed E-state index contributed by atoms with van der Waals surface area (Å²) in [6.07, 6.45) is 7.22. The van der Waals surface area contributed by atoms with Gasteiger partial charge >= 0.3 is 0 Å². The molecule has 1 aromatic carbocycles. The summed E-state index contributed by atoms with van der Waals surface area (Å²) in [5.41, 5.74) is 2.90. The Labute approximate surface area is 153 Å². The number of aryl methyl sites for hydroxylation is 1. The van der Waals surface area contributed by atoms with Gasteiger partial charge < -0.3 is 4.90 Å². The molecule has 1 aliphatic heterocycles. The van der Waals surface area contributed by atoms with Gasteiger partial charge in [-0.3, -0.25) is 9.48 Å². The van der Waals surface area contributed by atoms with E-state index in [2.05, 4.69) is 10.2 Å². The molecule has 0 aliphatic carbocycles.